The van der Waals surface area contributed by atoms with Gasteiger partial charge in [-0.3, -0.25) is 4.98 Å². The molecule has 1 unspecified atom stereocenters. The molecule has 0 saturated heterocycles. The van der Waals surface area contributed by atoms with Crippen molar-refractivity contribution in [1.82, 2.24) is 10.3 Å². The van der Waals surface area contributed by atoms with E-state index < -0.39 is 0 Å². The third-order valence-electron chi connectivity index (χ3n) is 2.23. The Hall–Kier alpha value is -1.04. The first-order chi connectivity index (χ1) is 6.86. The molecular formula is C11H11ClN2. The number of pyridine rings is 1. The normalized spacial score (nSPS) is 20.8. The molecule has 1 aliphatic rings. The Kier molecular flexibility index (Phi) is 3.03. The number of rotatable bonds is 1. The summed E-state index contributed by atoms with van der Waals surface area (Å²) in [6.07, 6.45) is 4.51. The zero-order valence-corrected chi connectivity index (χ0v) is 8.51. The molecule has 1 aliphatic heterocycles. The predicted molar refractivity (Wildman–Crippen MR) is 57.3 cm³/mol. The fourth-order valence-electron chi connectivity index (χ4n) is 1.51. The zero-order chi connectivity index (χ0) is 9.80. The summed E-state index contributed by atoms with van der Waals surface area (Å²) in [6, 6.07) is 1.94. The molecule has 1 aromatic rings. The van der Waals surface area contributed by atoms with E-state index in [1.807, 2.05) is 12.3 Å². The van der Waals surface area contributed by atoms with E-state index >= 15 is 0 Å². The molecule has 0 saturated carbocycles. The van der Waals surface area contributed by atoms with Gasteiger partial charge in [-0.05, 0) is 24.6 Å². The largest absolute Gasteiger partial charge is 0.306 e. The SMILES string of the molecule is Clc1cncc(C2C#CCNCC2)c1. The van der Waals surface area contributed by atoms with Crippen molar-refractivity contribution in [3.05, 3.63) is 29.0 Å². The lowest BCUT2D eigenvalue weighted by molar-refractivity contribution is 0.678. The maximum Gasteiger partial charge on any atom is 0.0592 e. The number of nitrogens with zero attached hydrogens (tertiary/aromatic N) is 1. The third-order valence-corrected chi connectivity index (χ3v) is 2.43. The second-order valence-corrected chi connectivity index (χ2v) is 3.71. The number of halogens is 1. The minimum atomic E-state index is 0.274. The Labute approximate surface area is 88.7 Å². The van der Waals surface area contributed by atoms with Crippen LogP contribution in [0.2, 0.25) is 5.02 Å². The van der Waals surface area contributed by atoms with Gasteiger partial charge in [0.2, 0.25) is 0 Å². The van der Waals surface area contributed by atoms with Crippen LogP contribution in [0.15, 0.2) is 18.5 Å². The van der Waals surface area contributed by atoms with Crippen molar-refractivity contribution in [1.29, 1.82) is 0 Å². The number of aromatic nitrogens is 1. The van der Waals surface area contributed by atoms with Gasteiger partial charge in [-0.15, -0.1) is 0 Å². The van der Waals surface area contributed by atoms with Gasteiger partial charge >= 0.3 is 0 Å². The fourth-order valence-corrected chi connectivity index (χ4v) is 1.69. The van der Waals surface area contributed by atoms with Gasteiger partial charge < -0.3 is 5.32 Å². The van der Waals surface area contributed by atoms with E-state index in [4.69, 9.17) is 11.6 Å². The molecule has 14 heavy (non-hydrogen) atoms. The van der Waals surface area contributed by atoms with Crippen molar-refractivity contribution in [3.8, 4) is 11.8 Å². The topological polar surface area (TPSA) is 24.9 Å². The molecule has 2 rings (SSSR count). The fraction of sp³-hybridized carbons (Fsp3) is 0.364. The highest BCUT2D eigenvalue weighted by Gasteiger charge is 2.10. The quantitative estimate of drug-likeness (QED) is 0.709. The molecule has 0 amide bonds. The van der Waals surface area contributed by atoms with Crippen LogP contribution in [0.25, 0.3) is 0 Å². The average Bonchev–Trinajstić information content (AvgIpc) is 2.45. The summed E-state index contributed by atoms with van der Waals surface area (Å²) in [5, 5.41) is 3.92. The van der Waals surface area contributed by atoms with Crippen LogP contribution in [-0.4, -0.2) is 18.1 Å². The number of hydrogen-bond donors (Lipinski definition) is 1. The van der Waals surface area contributed by atoms with Crippen molar-refractivity contribution >= 4 is 11.6 Å². The van der Waals surface area contributed by atoms with Crippen molar-refractivity contribution < 1.29 is 0 Å². The molecule has 0 aliphatic carbocycles. The van der Waals surface area contributed by atoms with Gasteiger partial charge in [0.1, 0.15) is 0 Å². The smallest absolute Gasteiger partial charge is 0.0592 e. The van der Waals surface area contributed by atoms with Crippen LogP contribution in [0.1, 0.15) is 17.9 Å². The molecule has 1 N–H and O–H groups in total. The van der Waals surface area contributed by atoms with Gasteiger partial charge in [0, 0.05) is 18.3 Å². The van der Waals surface area contributed by atoms with Crippen LogP contribution < -0.4 is 5.32 Å². The maximum atomic E-state index is 5.88. The summed E-state index contributed by atoms with van der Waals surface area (Å²) in [5.74, 6) is 6.57. The average molecular weight is 207 g/mol. The molecule has 3 heteroatoms. The molecule has 72 valence electrons. The first-order valence-electron chi connectivity index (χ1n) is 4.66. The number of hydrogen-bond acceptors (Lipinski definition) is 2. The predicted octanol–water partition coefficient (Wildman–Crippen LogP) is 1.82. The summed E-state index contributed by atoms with van der Waals surface area (Å²) in [5.41, 5.74) is 1.12. The van der Waals surface area contributed by atoms with Gasteiger partial charge in [-0.2, -0.15) is 0 Å². The summed E-state index contributed by atoms with van der Waals surface area (Å²) in [4.78, 5) is 4.07. The Morgan fingerprint density at radius 2 is 2.43 bits per heavy atom. The summed E-state index contributed by atoms with van der Waals surface area (Å²) >= 11 is 5.88. The minimum Gasteiger partial charge on any atom is -0.306 e. The molecule has 2 nitrogen and oxygen atoms in total. The van der Waals surface area contributed by atoms with E-state index in [1.54, 1.807) is 6.20 Å². The Balaban J connectivity index is 2.23. The van der Waals surface area contributed by atoms with E-state index in [2.05, 4.69) is 22.1 Å². The molecule has 2 heterocycles. The van der Waals surface area contributed by atoms with Crippen molar-refractivity contribution in [2.75, 3.05) is 13.1 Å². The lowest BCUT2D eigenvalue weighted by atomic mass is 9.98. The van der Waals surface area contributed by atoms with Crippen LogP contribution in [0, 0.1) is 11.8 Å². The van der Waals surface area contributed by atoms with Gasteiger partial charge in [0.15, 0.2) is 0 Å². The van der Waals surface area contributed by atoms with Crippen molar-refractivity contribution in [3.63, 3.8) is 0 Å². The molecule has 0 bridgehead atoms. The highest BCUT2D eigenvalue weighted by molar-refractivity contribution is 6.30. The van der Waals surface area contributed by atoms with Gasteiger partial charge in [-0.1, -0.05) is 23.4 Å². The van der Waals surface area contributed by atoms with E-state index in [0.29, 0.717) is 5.02 Å². The molecular weight excluding hydrogens is 196 g/mol. The van der Waals surface area contributed by atoms with Crippen LogP contribution in [0.3, 0.4) is 0 Å². The van der Waals surface area contributed by atoms with Crippen LogP contribution in [0.5, 0.6) is 0 Å². The summed E-state index contributed by atoms with van der Waals surface area (Å²) < 4.78 is 0. The Bertz CT molecular complexity index is 378. The van der Waals surface area contributed by atoms with Gasteiger partial charge in [0.05, 0.1) is 11.6 Å². The lowest BCUT2D eigenvalue weighted by Gasteiger charge is -2.08. The first kappa shape index (κ1) is 9.51. The number of nitrogens with one attached hydrogen (secondary N) is 1. The van der Waals surface area contributed by atoms with Gasteiger partial charge in [-0.25, -0.2) is 0 Å². The molecule has 0 spiro atoms. The molecule has 0 radical (unpaired) electrons. The standard InChI is InChI=1S/C11H11ClN2/c12-11-6-10(7-14-8-11)9-2-1-4-13-5-3-9/h6-9,13H,3-5H2. The molecule has 1 aromatic heterocycles. The third kappa shape index (κ3) is 2.25. The second kappa shape index (κ2) is 4.45. The van der Waals surface area contributed by atoms with Crippen LogP contribution in [-0.2, 0) is 0 Å². The molecule has 1 atom stereocenters. The lowest BCUT2D eigenvalue weighted by Crippen LogP contribution is -2.14. The summed E-state index contributed by atoms with van der Waals surface area (Å²) in [6.45, 7) is 1.77. The van der Waals surface area contributed by atoms with E-state index in [0.717, 1.165) is 25.1 Å². The summed E-state index contributed by atoms with van der Waals surface area (Å²) in [7, 11) is 0. The van der Waals surface area contributed by atoms with E-state index in [9.17, 15) is 0 Å². The van der Waals surface area contributed by atoms with Crippen molar-refractivity contribution in [2.45, 2.75) is 12.3 Å². The minimum absolute atomic E-state index is 0.274. The van der Waals surface area contributed by atoms with Gasteiger partial charge in [0.25, 0.3) is 0 Å². The monoisotopic (exact) mass is 206 g/mol. The van der Waals surface area contributed by atoms with E-state index in [-0.39, 0.29) is 5.92 Å². The van der Waals surface area contributed by atoms with Crippen LogP contribution in [0.4, 0.5) is 0 Å². The zero-order valence-electron chi connectivity index (χ0n) is 7.76. The highest BCUT2D eigenvalue weighted by atomic mass is 35.5. The molecule has 0 fully saturated rings. The maximum absolute atomic E-state index is 5.88. The Morgan fingerprint density at radius 3 is 3.29 bits per heavy atom. The van der Waals surface area contributed by atoms with E-state index in [1.165, 1.54) is 0 Å². The highest BCUT2D eigenvalue weighted by Crippen LogP contribution is 2.21. The van der Waals surface area contributed by atoms with Crippen LogP contribution >= 0.6 is 11.6 Å². The first-order valence-corrected chi connectivity index (χ1v) is 5.03. The molecule has 0 aromatic carbocycles. The Morgan fingerprint density at radius 1 is 1.50 bits per heavy atom. The van der Waals surface area contributed by atoms with Crippen molar-refractivity contribution in [2.24, 2.45) is 0 Å². The second-order valence-electron chi connectivity index (χ2n) is 3.28.